The Kier molecular flexibility index (Phi) is 6.75. The molecular formula is C27H23N3O3. The van der Waals surface area contributed by atoms with Gasteiger partial charge in [-0.3, -0.25) is 9.48 Å². The predicted molar refractivity (Wildman–Crippen MR) is 128 cm³/mol. The number of hydrogen-bond donors (Lipinski definition) is 1. The number of methoxy groups -OCH3 is 1. The van der Waals surface area contributed by atoms with Gasteiger partial charge in [-0.25, -0.2) is 4.79 Å². The van der Waals surface area contributed by atoms with Gasteiger partial charge >= 0.3 is 5.97 Å². The van der Waals surface area contributed by atoms with E-state index in [-0.39, 0.29) is 5.91 Å². The van der Waals surface area contributed by atoms with Crippen molar-refractivity contribution in [3.05, 3.63) is 120 Å². The normalized spacial score (nSPS) is 11.1. The minimum atomic E-state index is -0.398. The maximum atomic E-state index is 13.2. The lowest BCUT2D eigenvalue weighted by molar-refractivity contribution is -0.111. The van der Waals surface area contributed by atoms with E-state index in [1.54, 1.807) is 29.2 Å². The van der Waals surface area contributed by atoms with E-state index < -0.39 is 5.97 Å². The predicted octanol–water partition coefficient (Wildman–Crippen LogP) is 4.90. The van der Waals surface area contributed by atoms with E-state index in [1.165, 1.54) is 7.11 Å². The van der Waals surface area contributed by atoms with E-state index in [9.17, 15) is 9.59 Å². The molecule has 0 unspecified atom stereocenters. The molecular weight excluding hydrogens is 414 g/mol. The zero-order valence-electron chi connectivity index (χ0n) is 18.1. The lowest BCUT2D eigenvalue weighted by Crippen LogP contribution is -2.13. The van der Waals surface area contributed by atoms with E-state index in [0.717, 1.165) is 16.7 Å². The van der Waals surface area contributed by atoms with E-state index in [1.807, 2.05) is 78.9 Å². The van der Waals surface area contributed by atoms with Gasteiger partial charge in [-0.05, 0) is 28.8 Å². The second-order valence-corrected chi connectivity index (χ2v) is 7.36. The quantitative estimate of drug-likeness (QED) is 0.254. The summed E-state index contributed by atoms with van der Waals surface area (Å²) >= 11 is 0. The van der Waals surface area contributed by atoms with Crippen molar-refractivity contribution in [1.82, 2.24) is 9.78 Å². The smallest absolute Gasteiger partial charge is 0.338 e. The molecule has 164 valence electrons. The molecule has 0 aliphatic heterocycles. The van der Waals surface area contributed by atoms with Crippen molar-refractivity contribution in [2.75, 3.05) is 12.4 Å². The maximum absolute atomic E-state index is 13.2. The Morgan fingerprint density at radius 2 is 1.61 bits per heavy atom. The Hall–Kier alpha value is -4.45. The number of rotatable bonds is 7. The van der Waals surface area contributed by atoms with Crippen LogP contribution < -0.4 is 5.32 Å². The molecule has 1 amide bonds. The van der Waals surface area contributed by atoms with E-state index in [2.05, 4.69) is 10.4 Å². The van der Waals surface area contributed by atoms with Crippen LogP contribution in [0.15, 0.2) is 97.3 Å². The first-order valence-corrected chi connectivity index (χ1v) is 10.5. The fourth-order valence-electron chi connectivity index (χ4n) is 3.47. The number of amides is 1. The zero-order chi connectivity index (χ0) is 23.0. The first-order chi connectivity index (χ1) is 16.1. The highest BCUT2D eigenvalue weighted by Gasteiger charge is 2.15. The van der Waals surface area contributed by atoms with Crippen LogP contribution >= 0.6 is 0 Å². The van der Waals surface area contributed by atoms with Crippen LogP contribution in [0.4, 0.5) is 5.69 Å². The molecule has 0 spiro atoms. The van der Waals surface area contributed by atoms with Crippen LogP contribution in [0.1, 0.15) is 27.0 Å². The highest BCUT2D eigenvalue weighted by molar-refractivity contribution is 6.29. The molecule has 1 heterocycles. The highest BCUT2D eigenvalue weighted by atomic mass is 16.5. The minimum absolute atomic E-state index is 0.237. The molecule has 0 aliphatic rings. The minimum Gasteiger partial charge on any atom is -0.465 e. The number of carbonyl (C=O) groups is 2. The van der Waals surface area contributed by atoms with Crippen LogP contribution in [-0.4, -0.2) is 28.8 Å². The standard InChI is InChI=1S/C27H23N3O3/c1-33-27(32)24-15-9-8-14-22(24)18-30-19-23(17-28-30)29-26(31)25(21-12-6-3-7-13-21)16-20-10-4-2-5-11-20/h2-17,19H,18H2,1H3,(H,29,31)/b25-16-. The Morgan fingerprint density at radius 3 is 2.33 bits per heavy atom. The number of hydrogen-bond acceptors (Lipinski definition) is 4. The van der Waals surface area contributed by atoms with Gasteiger partial charge in [-0.2, -0.15) is 5.10 Å². The molecule has 4 rings (SSSR count). The van der Waals surface area contributed by atoms with Crippen molar-refractivity contribution in [1.29, 1.82) is 0 Å². The van der Waals surface area contributed by atoms with Crippen molar-refractivity contribution < 1.29 is 14.3 Å². The van der Waals surface area contributed by atoms with Gasteiger partial charge in [0.05, 0.1) is 31.1 Å². The number of anilines is 1. The molecule has 0 saturated heterocycles. The summed E-state index contributed by atoms with van der Waals surface area (Å²) in [6.07, 6.45) is 5.18. The maximum Gasteiger partial charge on any atom is 0.338 e. The van der Waals surface area contributed by atoms with Crippen LogP contribution in [0.2, 0.25) is 0 Å². The van der Waals surface area contributed by atoms with E-state index >= 15 is 0 Å². The van der Waals surface area contributed by atoms with Gasteiger partial charge in [0.2, 0.25) is 0 Å². The number of ether oxygens (including phenoxy) is 1. The second kappa shape index (κ2) is 10.2. The monoisotopic (exact) mass is 437 g/mol. The zero-order valence-corrected chi connectivity index (χ0v) is 18.1. The van der Waals surface area contributed by atoms with Crippen LogP contribution in [0.3, 0.4) is 0 Å². The number of benzene rings is 3. The Morgan fingerprint density at radius 1 is 0.939 bits per heavy atom. The number of aromatic nitrogens is 2. The molecule has 0 aliphatic carbocycles. The lowest BCUT2D eigenvalue weighted by Gasteiger charge is -2.09. The fraction of sp³-hybridized carbons (Fsp3) is 0.0741. The summed E-state index contributed by atoms with van der Waals surface area (Å²) in [5.74, 6) is -0.635. The summed E-state index contributed by atoms with van der Waals surface area (Å²) in [4.78, 5) is 25.2. The van der Waals surface area contributed by atoms with Crippen molar-refractivity contribution in [3.63, 3.8) is 0 Å². The summed E-state index contributed by atoms with van der Waals surface area (Å²) in [6.45, 7) is 0.368. The van der Waals surface area contributed by atoms with Crippen molar-refractivity contribution in [2.24, 2.45) is 0 Å². The second-order valence-electron chi connectivity index (χ2n) is 7.36. The van der Waals surface area contributed by atoms with E-state index in [0.29, 0.717) is 23.4 Å². The molecule has 6 nitrogen and oxygen atoms in total. The van der Waals surface area contributed by atoms with Crippen LogP contribution in [0, 0.1) is 0 Å². The Labute approximate surface area is 192 Å². The van der Waals surface area contributed by atoms with Crippen LogP contribution in [0.5, 0.6) is 0 Å². The topological polar surface area (TPSA) is 73.2 Å². The largest absolute Gasteiger partial charge is 0.465 e. The van der Waals surface area contributed by atoms with Gasteiger partial charge in [0.25, 0.3) is 5.91 Å². The summed E-state index contributed by atoms with van der Waals surface area (Å²) < 4.78 is 6.52. The van der Waals surface area contributed by atoms with Gasteiger partial charge in [0, 0.05) is 11.8 Å². The molecule has 4 aromatic rings. The van der Waals surface area contributed by atoms with Gasteiger partial charge in [-0.15, -0.1) is 0 Å². The average Bonchev–Trinajstić information content (AvgIpc) is 3.30. The summed E-state index contributed by atoms with van der Waals surface area (Å²) in [5.41, 5.74) is 4.12. The number of carbonyl (C=O) groups excluding carboxylic acids is 2. The average molecular weight is 437 g/mol. The lowest BCUT2D eigenvalue weighted by atomic mass is 10.0. The molecule has 6 heteroatoms. The molecule has 0 fully saturated rings. The first kappa shape index (κ1) is 21.8. The van der Waals surface area contributed by atoms with E-state index in [4.69, 9.17) is 4.74 Å². The molecule has 1 N–H and O–H groups in total. The third-order valence-electron chi connectivity index (χ3n) is 5.09. The third kappa shape index (κ3) is 5.43. The molecule has 0 bridgehead atoms. The van der Waals surface area contributed by atoms with Gasteiger partial charge < -0.3 is 10.1 Å². The van der Waals surface area contributed by atoms with Gasteiger partial charge in [0.15, 0.2) is 0 Å². The molecule has 1 aromatic heterocycles. The van der Waals surface area contributed by atoms with Crippen molar-refractivity contribution in [2.45, 2.75) is 6.54 Å². The SMILES string of the molecule is COC(=O)c1ccccc1Cn1cc(NC(=O)/C(=C\c2ccccc2)c2ccccc2)cn1. The number of esters is 1. The summed E-state index contributed by atoms with van der Waals surface area (Å²) in [7, 11) is 1.36. The Bertz CT molecular complexity index is 1280. The fourth-order valence-corrected chi connectivity index (χ4v) is 3.47. The first-order valence-electron chi connectivity index (χ1n) is 10.5. The molecule has 3 aromatic carbocycles. The van der Waals surface area contributed by atoms with Crippen molar-refractivity contribution >= 4 is 29.2 Å². The number of nitrogens with one attached hydrogen (secondary N) is 1. The summed E-state index contributed by atoms with van der Waals surface area (Å²) in [6, 6.07) is 26.4. The van der Waals surface area contributed by atoms with Crippen LogP contribution in [-0.2, 0) is 16.1 Å². The number of nitrogens with zero attached hydrogens (tertiary/aromatic N) is 2. The molecule has 0 saturated carbocycles. The molecule has 0 atom stereocenters. The molecule has 0 radical (unpaired) electrons. The summed E-state index contributed by atoms with van der Waals surface area (Å²) in [5, 5.41) is 7.27. The Balaban J connectivity index is 1.55. The highest BCUT2D eigenvalue weighted by Crippen LogP contribution is 2.21. The van der Waals surface area contributed by atoms with Crippen LogP contribution in [0.25, 0.3) is 11.6 Å². The van der Waals surface area contributed by atoms with Crippen molar-refractivity contribution in [3.8, 4) is 0 Å². The van der Waals surface area contributed by atoms with Gasteiger partial charge in [-0.1, -0.05) is 78.9 Å². The van der Waals surface area contributed by atoms with Gasteiger partial charge in [0.1, 0.15) is 0 Å². The molecule has 33 heavy (non-hydrogen) atoms. The third-order valence-corrected chi connectivity index (χ3v) is 5.09.